The standard InChI is InChI=1S/C38H20S3/c1-6-15-35-22(8-1)25-11-7-12-26(38(25)41-35)28-16-21-17-36-31(23-9-2-4-13-33(23)39-36)18-27(21)30-20-37-32(19-29(28)30)24-10-3-5-14-34(24)40-37/h1-20H. The molecule has 7 aromatic carbocycles. The van der Waals surface area contributed by atoms with E-state index in [4.69, 9.17) is 0 Å². The zero-order chi connectivity index (χ0) is 26.7. The van der Waals surface area contributed by atoms with Gasteiger partial charge in [0.2, 0.25) is 0 Å². The molecule has 3 heteroatoms. The van der Waals surface area contributed by atoms with E-state index in [-0.39, 0.29) is 0 Å². The van der Waals surface area contributed by atoms with E-state index in [9.17, 15) is 0 Å². The highest BCUT2D eigenvalue weighted by atomic mass is 32.1. The molecule has 0 fully saturated rings. The Balaban J connectivity index is 1.41. The van der Waals surface area contributed by atoms with Crippen LogP contribution in [0.25, 0.3) is 93.2 Å². The van der Waals surface area contributed by atoms with Crippen LogP contribution in [0.15, 0.2) is 121 Å². The van der Waals surface area contributed by atoms with Gasteiger partial charge in [0.1, 0.15) is 0 Å². The largest absolute Gasteiger partial charge is 0.135 e. The predicted octanol–water partition coefficient (Wildman–Crippen LogP) is 12.8. The van der Waals surface area contributed by atoms with Crippen LogP contribution in [0.1, 0.15) is 0 Å². The number of thiophene rings is 3. The van der Waals surface area contributed by atoms with E-state index in [1.54, 1.807) is 0 Å². The van der Waals surface area contributed by atoms with Gasteiger partial charge in [-0.15, -0.1) is 34.0 Å². The van der Waals surface area contributed by atoms with Gasteiger partial charge in [0.25, 0.3) is 0 Å². The molecule has 0 unspecified atom stereocenters. The molecule has 0 saturated heterocycles. The summed E-state index contributed by atoms with van der Waals surface area (Å²) >= 11 is 5.72. The van der Waals surface area contributed by atoms with Crippen LogP contribution in [0.4, 0.5) is 0 Å². The predicted molar refractivity (Wildman–Crippen MR) is 186 cm³/mol. The van der Waals surface area contributed by atoms with Crippen molar-refractivity contribution in [2.24, 2.45) is 0 Å². The third-order valence-corrected chi connectivity index (χ3v) is 12.1. The number of rotatable bonds is 1. The van der Waals surface area contributed by atoms with Crippen molar-refractivity contribution in [3.05, 3.63) is 121 Å². The molecule has 0 aliphatic carbocycles. The molecule has 0 radical (unpaired) electrons. The molecule has 41 heavy (non-hydrogen) atoms. The van der Waals surface area contributed by atoms with Crippen LogP contribution < -0.4 is 0 Å². The summed E-state index contributed by atoms with van der Waals surface area (Å²) < 4.78 is 8.12. The minimum Gasteiger partial charge on any atom is -0.135 e. The lowest BCUT2D eigenvalue weighted by molar-refractivity contribution is 1.78. The lowest BCUT2D eigenvalue weighted by Gasteiger charge is -2.13. The van der Waals surface area contributed by atoms with Crippen LogP contribution >= 0.6 is 34.0 Å². The van der Waals surface area contributed by atoms with E-state index in [1.807, 2.05) is 34.0 Å². The SMILES string of the molecule is c1ccc2c(c1)sc1cc3c(cc12)c(-c1cccc2c1sc1ccccc12)cc1cc2sc4ccccc4c2cc13. The average Bonchev–Trinajstić information content (AvgIpc) is 3.69. The van der Waals surface area contributed by atoms with Crippen LogP contribution in [0.3, 0.4) is 0 Å². The molecule has 0 atom stereocenters. The van der Waals surface area contributed by atoms with Crippen LogP contribution in [0, 0.1) is 0 Å². The van der Waals surface area contributed by atoms with Crippen molar-refractivity contribution < 1.29 is 0 Å². The highest BCUT2D eigenvalue weighted by molar-refractivity contribution is 7.27. The smallest absolute Gasteiger partial charge is 0.0434 e. The van der Waals surface area contributed by atoms with Crippen molar-refractivity contribution in [1.29, 1.82) is 0 Å². The zero-order valence-electron chi connectivity index (χ0n) is 21.8. The molecule has 190 valence electrons. The number of hydrogen-bond acceptors (Lipinski definition) is 3. The molecule has 0 nitrogen and oxygen atoms in total. The molecule has 0 aliphatic heterocycles. The van der Waals surface area contributed by atoms with Crippen molar-refractivity contribution in [2.75, 3.05) is 0 Å². The molecule has 0 saturated carbocycles. The second kappa shape index (κ2) is 8.14. The van der Waals surface area contributed by atoms with Gasteiger partial charge in [-0.2, -0.15) is 0 Å². The summed E-state index contributed by atoms with van der Waals surface area (Å²) in [5.74, 6) is 0. The molecule has 3 heterocycles. The van der Waals surface area contributed by atoms with Gasteiger partial charge in [-0.25, -0.2) is 0 Å². The Morgan fingerprint density at radius 3 is 1.56 bits per heavy atom. The van der Waals surface area contributed by atoms with Crippen molar-refractivity contribution in [3.8, 4) is 11.1 Å². The Morgan fingerprint density at radius 2 is 0.854 bits per heavy atom. The highest BCUT2D eigenvalue weighted by Crippen LogP contribution is 2.47. The van der Waals surface area contributed by atoms with E-state index < -0.39 is 0 Å². The minimum absolute atomic E-state index is 1.31. The summed E-state index contributed by atoms with van der Waals surface area (Å²) in [4.78, 5) is 0. The Hall–Kier alpha value is -4.28. The molecule has 0 spiro atoms. The normalized spacial score (nSPS) is 12.4. The first-order valence-corrected chi connectivity index (χ1v) is 16.3. The van der Waals surface area contributed by atoms with Crippen molar-refractivity contribution >= 4 is 116 Å². The molecule has 0 amide bonds. The Morgan fingerprint density at radius 1 is 0.293 bits per heavy atom. The third-order valence-electron chi connectivity index (χ3n) is 8.64. The Bertz CT molecular complexity index is 2700. The average molecular weight is 573 g/mol. The molecule has 10 rings (SSSR count). The molecule has 0 aliphatic rings. The van der Waals surface area contributed by atoms with Crippen LogP contribution in [0.5, 0.6) is 0 Å². The van der Waals surface area contributed by atoms with Gasteiger partial charge < -0.3 is 0 Å². The van der Waals surface area contributed by atoms with Gasteiger partial charge in [0.15, 0.2) is 0 Å². The van der Waals surface area contributed by atoms with Crippen molar-refractivity contribution in [3.63, 3.8) is 0 Å². The summed E-state index contributed by atoms with van der Waals surface area (Å²) in [6.45, 7) is 0. The monoisotopic (exact) mass is 572 g/mol. The maximum absolute atomic E-state index is 2.47. The third kappa shape index (κ3) is 3.09. The molecular formula is C38H20S3. The number of benzene rings is 7. The summed E-state index contributed by atoms with van der Waals surface area (Å²) in [6.07, 6.45) is 0. The van der Waals surface area contributed by atoms with Crippen LogP contribution in [-0.2, 0) is 0 Å². The minimum atomic E-state index is 1.31. The maximum atomic E-state index is 2.47. The lowest BCUT2D eigenvalue weighted by atomic mass is 9.91. The van der Waals surface area contributed by atoms with E-state index in [2.05, 4.69) is 121 Å². The molecular weight excluding hydrogens is 553 g/mol. The second-order valence-corrected chi connectivity index (χ2v) is 14.1. The molecule has 10 aromatic rings. The first-order valence-electron chi connectivity index (χ1n) is 13.8. The maximum Gasteiger partial charge on any atom is 0.0434 e. The topological polar surface area (TPSA) is 0 Å². The molecule has 0 N–H and O–H groups in total. The fraction of sp³-hybridized carbons (Fsp3) is 0. The van der Waals surface area contributed by atoms with E-state index >= 15 is 0 Å². The second-order valence-electron chi connectivity index (χ2n) is 10.9. The van der Waals surface area contributed by atoms with Crippen LogP contribution in [-0.4, -0.2) is 0 Å². The van der Waals surface area contributed by atoms with Gasteiger partial charge in [0, 0.05) is 66.1 Å². The quantitative estimate of drug-likeness (QED) is 0.172. The van der Waals surface area contributed by atoms with Gasteiger partial charge in [-0.3, -0.25) is 0 Å². The van der Waals surface area contributed by atoms with E-state index in [0.29, 0.717) is 0 Å². The van der Waals surface area contributed by atoms with Gasteiger partial charge >= 0.3 is 0 Å². The van der Waals surface area contributed by atoms with Crippen molar-refractivity contribution in [2.45, 2.75) is 0 Å². The summed E-state index contributed by atoms with van der Waals surface area (Å²) in [7, 11) is 0. The molecule has 3 aromatic heterocycles. The van der Waals surface area contributed by atoms with E-state index in [1.165, 1.54) is 93.2 Å². The molecule has 0 bridgehead atoms. The van der Waals surface area contributed by atoms with Crippen molar-refractivity contribution in [1.82, 2.24) is 0 Å². The summed E-state index contributed by atoms with van der Waals surface area (Å²) in [5.41, 5.74) is 2.65. The summed E-state index contributed by atoms with van der Waals surface area (Å²) in [5, 5.41) is 13.4. The number of fused-ring (bicyclic) bond motifs is 12. The van der Waals surface area contributed by atoms with E-state index in [0.717, 1.165) is 0 Å². The fourth-order valence-corrected chi connectivity index (χ4v) is 10.3. The first kappa shape index (κ1) is 22.4. The highest BCUT2D eigenvalue weighted by Gasteiger charge is 2.17. The lowest BCUT2D eigenvalue weighted by Crippen LogP contribution is -1.86. The number of hydrogen-bond donors (Lipinski definition) is 0. The first-order chi connectivity index (χ1) is 20.3. The zero-order valence-corrected chi connectivity index (χ0v) is 24.2. The van der Waals surface area contributed by atoms with Crippen LogP contribution in [0.2, 0.25) is 0 Å². The fourth-order valence-electron chi connectivity index (χ4n) is 6.77. The van der Waals surface area contributed by atoms with Gasteiger partial charge in [0.05, 0.1) is 0 Å². The van der Waals surface area contributed by atoms with Gasteiger partial charge in [-0.1, -0.05) is 72.8 Å². The Kier molecular flexibility index (Phi) is 4.45. The van der Waals surface area contributed by atoms with Gasteiger partial charge in [-0.05, 0) is 75.6 Å². The summed E-state index contributed by atoms with van der Waals surface area (Å²) in [6, 6.07) is 45.6. The Labute approximate surface area is 247 Å².